The van der Waals surface area contributed by atoms with Crippen molar-refractivity contribution in [1.29, 1.82) is 0 Å². The van der Waals surface area contributed by atoms with Crippen molar-refractivity contribution < 1.29 is 4.79 Å². The number of amides is 1. The van der Waals surface area contributed by atoms with Crippen LogP contribution in [0.2, 0.25) is 0 Å². The number of nitrogens with one attached hydrogen (secondary N) is 1. The van der Waals surface area contributed by atoms with E-state index in [2.05, 4.69) is 56.3 Å². The monoisotopic (exact) mass is 339 g/mol. The molecule has 1 heterocycles. The van der Waals surface area contributed by atoms with Crippen LogP contribution in [0.5, 0.6) is 0 Å². The predicted octanol–water partition coefficient (Wildman–Crippen LogP) is 1.56. The van der Waals surface area contributed by atoms with E-state index < -0.39 is 0 Å². The maximum absolute atomic E-state index is 11.9. The minimum absolute atomic E-state index is 0.0413. The molecule has 110 valence electrons. The normalized spacial score (nSPS) is 21.4. The van der Waals surface area contributed by atoms with E-state index in [4.69, 9.17) is 0 Å². The molecule has 0 aromatic heterocycles. The van der Waals surface area contributed by atoms with Crippen molar-refractivity contribution in [2.75, 3.05) is 40.3 Å². The number of carbonyl (C=O) groups is 1. The number of halogens is 1. The summed E-state index contributed by atoms with van der Waals surface area (Å²) in [5.41, 5.74) is 1.28. The van der Waals surface area contributed by atoms with Gasteiger partial charge in [0.1, 0.15) is 0 Å². The van der Waals surface area contributed by atoms with Crippen molar-refractivity contribution in [2.45, 2.75) is 6.54 Å². The van der Waals surface area contributed by atoms with Crippen LogP contribution in [0, 0.1) is 5.92 Å². The molecule has 1 aromatic rings. The molecule has 1 aliphatic rings. The molecule has 0 radical (unpaired) electrons. The van der Waals surface area contributed by atoms with Crippen LogP contribution < -0.4 is 5.32 Å². The first-order valence-electron chi connectivity index (χ1n) is 6.95. The highest BCUT2D eigenvalue weighted by molar-refractivity contribution is 9.10. The molecule has 1 atom stereocenters. The predicted molar refractivity (Wildman–Crippen MR) is 84.5 cm³/mol. The first-order chi connectivity index (χ1) is 9.58. The highest BCUT2D eigenvalue weighted by atomic mass is 79.9. The number of hydrogen-bond acceptors (Lipinski definition) is 3. The van der Waals surface area contributed by atoms with E-state index in [-0.39, 0.29) is 11.8 Å². The molecule has 1 fully saturated rings. The van der Waals surface area contributed by atoms with Crippen LogP contribution in [0.15, 0.2) is 28.7 Å². The molecular formula is C15H22BrN3O. The molecule has 2 rings (SSSR count). The summed E-state index contributed by atoms with van der Waals surface area (Å²) in [5, 5.41) is 2.78. The standard InChI is InChI=1S/C15H22BrN3O/c1-17-15(20)13-10-18(2)6-7-19(11-13)9-12-4-3-5-14(16)8-12/h3-5,8,13H,6-7,9-11H2,1-2H3,(H,17,20). The van der Waals surface area contributed by atoms with E-state index in [1.807, 2.05) is 6.07 Å². The maximum Gasteiger partial charge on any atom is 0.225 e. The summed E-state index contributed by atoms with van der Waals surface area (Å²) in [6.07, 6.45) is 0. The van der Waals surface area contributed by atoms with Crippen LogP contribution in [-0.4, -0.2) is 56.0 Å². The zero-order valence-electron chi connectivity index (χ0n) is 12.1. The van der Waals surface area contributed by atoms with Crippen molar-refractivity contribution in [2.24, 2.45) is 5.92 Å². The Morgan fingerprint density at radius 1 is 1.40 bits per heavy atom. The molecule has 1 N–H and O–H groups in total. The Morgan fingerprint density at radius 3 is 2.90 bits per heavy atom. The van der Waals surface area contributed by atoms with Gasteiger partial charge in [-0.3, -0.25) is 9.69 Å². The van der Waals surface area contributed by atoms with Crippen molar-refractivity contribution in [3.8, 4) is 0 Å². The smallest absolute Gasteiger partial charge is 0.225 e. The van der Waals surface area contributed by atoms with Crippen LogP contribution >= 0.6 is 15.9 Å². The lowest BCUT2D eigenvalue weighted by Crippen LogP contribution is -2.39. The Morgan fingerprint density at radius 2 is 2.20 bits per heavy atom. The highest BCUT2D eigenvalue weighted by Gasteiger charge is 2.25. The van der Waals surface area contributed by atoms with E-state index in [1.54, 1.807) is 7.05 Å². The number of carbonyl (C=O) groups excluding carboxylic acids is 1. The van der Waals surface area contributed by atoms with Crippen molar-refractivity contribution >= 4 is 21.8 Å². The average molecular weight is 340 g/mol. The number of nitrogens with zero attached hydrogens (tertiary/aromatic N) is 2. The molecule has 0 aliphatic carbocycles. The second-order valence-electron chi connectivity index (χ2n) is 5.44. The molecule has 0 saturated carbocycles. The van der Waals surface area contributed by atoms with Gasteiger partial charge in [0.05, 0.1) is 5.92 Å². The highest BCUT2D eigenvalue weighted by Crippen LogP contribution is 2.16. The average Bonchev–Trinajstić information content (AvgIpc) is 2.60. The van der Waals surface area contributed by atoms with Crippen molar-refractivity contribution in [1.82, 2.24) is 15.1 Å². The van der Waals surface area contributed by atoms with Gasteiger partial charge in [-0.05, 0) is 24.7 Å². The quantitative estimate of drug-likeness (QED) is 0.907. The fourth-order valence-corrected chi connectivity index (χ4v) is 3.09. The summed E-state index contributed by atoms with van der Waals surface area (Å²) in [6, 6.07) is 8.37. The fraction of sp³-hybridized carbons (Fsp3) is 0.533. The van der Waals surface area contributed by atoms with Gasteiger partial charge in [-0.25, -0.2) is 0 Å². The van der Waals surface area contributed by atoms with E-state index >= 15 is 0 Å². The van der Waals surface area contributed by atoms with Gasteiger partial charge >= 0.3 is 0 Å². The van der Waals surface area contributed by atoms with Gasteiger partial charge in [-0.15, -0.1) is 0 Å². The zero-order chi connectivity index (χ0) is 14.5. The molecule has 1 unspecified atom stereocenters. The summed E-state index contributed by atoms with van der Waals surface area (Å²) >= 11 is 3.51. The van der Waals surface area contributed by atoms with Gasteiger partial charge < -0.3 is 10.2 Å². The van der Waals surface area contributed by atoms with E-state index in [0.29, 0.717) is 0 Å². The van der Waals surface area contributed by atoms with Crippen molar-refractivity contribution in [3.05, 3.63) is 34.3 Å². The van der Waals surface area contributed by atoms with Gasteiger partial charge in [0.15, 0.2) is 0 Å². The summed E-state index contributed by atoms with van der Waals surface area (Å²) < 4.78 is 1.10. The Balaban J connectivity index is 2.04. The van der Waals surface area contributed by atoms with Crippen molar-refractivity contribution in [3.63, 3.8) is 0 Å². The lowest BCUT2D eigenvalue weighted by Gasteiger charge is -2.23. The number of rotatable bonds is 3. The van der Waals surface area contributed by atoms with E-state index in [0.717, 1.165) is 37.2 Å². The third-order valence-corrected chi connectivity index (χ3v) is 4.21. The Kier molecular flexibility index (Phi) is 5.57. The number of likely N-dealkylation sites (N-methyl/N-ethyl adjacent to an activating group) is 1. The minimum atomic E-state index is 0.0413. The third-order valence-electron chi connectivity index (χ3n) is 3.72. The molecule has 0 spiro atoms. The van der Waals surface area contributed by atoms with Gasteiger partial charge in [0.25, 0.3) is 0 Å². The SMILES string of the molecule is CNC(=O)C1CN(C)CCN(Cc2cccc(Br)c2)C1. The first kappa shape index (κ1) is 15.5. The van der Waals surface area contributed by atoms with Gasteiger partial charge in [-0.2, -0.15) is 0 Å². The van der Waals surface area contributed by atoms with E-state index in [1.165, 1.54) is 5.56 Å². The van der Waals surface area contributed by atoms with Gasteiger partial charge in [0, 0.05) is 44.2 Å². The molecule has 1 amide bonds. The van der Waals surface area contributed by atoms with Gasteiger partial charge in [0.2, 0.25) is 5.91 Å². The summed E-state index contributed by atoms with van der Waals surface area (Å²) in [5.74, 6) is 0.178. The second kappa shape index (κ2) is 7.20. The Bertz CT molecular complexity index is 466. The molecule has 20 heavy (non-hydrogen) atoms. The molecule has 1 saturated heterocycles. The van der Waals surface area contributed by atoms with Gasteiger partial charge in [-0.1, -0.05) is 28.1 Å². The lowest BCUT2D eigenvalue weighted by molar-refractivity contribution is -0.125. The number of benzene rings is 1. The summed E-state index contributed by atoms with van der Waals surface area (Å²) in [6.45, 7) is 4.53. The Hall–Kier alpha value is -0.910. The molecule has 1 aromatic carbocycles. The third kappa shape index (κ3) is 4.30. The lowest BCUT2D eigenvalue weighted by atomic mass is 10.1. The van der Waals surface area contributed by atoms with Crippen LogP contribution in [0.3, 0.4) is 0 Å². The van der Waals surface area contributed by atoms with Crippen LogP contribution in [-0.2, 0) is 11.3 Å². The second-order valence-corrected chi connectivity index (χ2v) is 6.35. The largest absolute Gasteiger partial charge is 0.359 e. The van der Waals surface area contributed by atoms with Crippen LogP contribution in [0.25, 0.3) is 0 Å². The Labute approximate surface area is 129 Å². The van der Waals surface area contributed by atoms with E-state index in [9.17, 15) is 4.79 Å². The summed E-state index contributed by atoms with van der Waals surface area (Å²) in [4.78, 5) is 16.5. The zero-order valence-corrected chi connectivity index (χ0v) is 13.7. The van der Waals surface area contributed by atoms with Crippen LogP contribution in [0.1, 0.15) is 5.56 Å². The molecule has 4 nitrogen and oxygen atoms in total. The molecule has 5 heteroatoms. The minimum Gasteiger partial charge on any atom is -0.359 e. The fourth-order valence-electron chi connectivity index (χ4n) is 2.65. The molecule has 0 bridgehead atoms. The molecular weight excluding hydrogens is 318 g/mol. The van der Waals surface area contributed by atoms with Crippen LogP contribution in [0.4, 0.5) is 0 Å². The number of hydrogen-bond donors (Lipinski definition) is 1. The maximum atomic E-state index is 11.9. The first-order valence-corrected chi connectivity index (χ1v) is 7.74. The topological polar surface area (TPSA) is 35.6 Å². The molecule has 1 aliphatic heterocycles. The summed E-state index contributed by atoms with van der Waals surface area (Å²) in [7, 11) is 3.80.